The molecule has 0 bridgehead atoms. The van der Waals surface area contributed by atoms with Gasteiger partial charge in [0, 0.05) is 6.42 Å². The summed E-state index contributed by atoms with van der Waals surface area (Å²) < 4.78 is 17.6. The largest absolute Gasteiger partial charge is 0.454 e. The number of rotatable bonds is 51. The van der Waals surface area contributed by atoms with E-state index in [9.17, 15) is 35.1 Å². The molecule has 6 N–H and O–H groups in total. The van der Waals surface area contributed by atoms with Gasteiger partial charge in [-0.05, 0) is 96.3 Å². The van der Waals surface area contributed by atoms with E-state index < -0.39 is 67.4 Å². The van der Waals surface area contributed by atoms with Crippen molar-refractivity contribution < 1.29 is 49.3 Å². The van der Waals surface area contributed by atoms with Crippen LogP contribution in [0.5, 0.6) is 0 Å². The molecule has 1 amide bonds. The van der Waals surface area contributed by atoms with Crippen molar-refractivity contribution >= 4 is 11.9 Å². The lowest BCUT2D eigenvalue weighted by Gasteiger charge is -2.41. The number of aliphatic hydroxyl groups excluding tert-OH is 5. The molecule has 8 atom stereocenters. The zero-order valence-corrected chi connectivity index (χ0v) is 49.7. The van der Waals surface area contributed by atoms with Crippen molar-refractivity contribution in [1.82, 2.24) is 5.32 Å². The fraction of sp³-hybridized carbons (Fsp3) is 0.676. The molecule has 79 heavy (non-hydrogen) atoms. The van der Waals surface area contributed by atoms with Crippen LogP contribution < -0.4 is 5.32 Å². The quantitative estimate of drug-likeness (QED) is 0.0149. The first kappa shape index (κ1) is 73.1. The maximum Gasteiger partial charge on any atom is 0.306 e. The van der Waals surface area contributed by atoms with Crippen molar-refractivity contribution in [2.24, 2.45) is 0 Å². The average molecular weight is 1100 g/mol. The summed E-state index contributed by atoms with van der Waals surface area (Å²) in [5, 5.41) is 57.0. The van der Waals surface area contributed by atoms with Crippen molar-refractivity contribution in [3.8, 4) is 0 Å². The first-order chi connectivity index (χ1) is 38.7. The molecule has 450 valence electrons. The third kappa shape index (κ3) is 42.6. The van der Waals surface area contributed by atoms with Gasteiger partial charge in [-0.15, -0.1) is 0 Å². The Kier molecular flexibility index (Phi) is 50.5. The molecule has 11 nitrogen and oxygen atoms in total. The van der Waals surface area contributed by atoms with Gasteiger partial charge in [-0.2, -0.15) is 0 Å². The monoisotopic (exact) mass is 1100 g/mol. The van der Waals surface area contributed by atoms with Crippen molar-refractivity contribution in [1.29, 1.82) is 0 Å². The molecule has 0 spiro atoms. The van der Waals surface area contributed by atoms with E-state index in [-0.39, 0.29) is 19.4 Å². The lowest BCUT2D eigenvalue weighted by molar-refractivity contribution is -0.305. The van der Waals surface area contributed by atoms with Gasteiger partial charge in [0.25, 0.3) is 0 Å². The number of ether oxygens (including phenoxy) is 3. The number of hydrogen-bond acceptors (Lipinski definition) is 10. The average Bonchev–Trinajstić information content (AvgIpc) is 3.44. The normalized spacial score (nSPS) is 19.7. The van der Waals surface area contributed by atoms with Crippen LogP contribution in [0.2, 0.25) is 0 Å². The highest BCUT2D eigenvalue weighted by atomic mass is 16.7. The van der Waals surface area contributed by atoms with Crippen LogP contribution >= 0.6 is 0 Å². The molecule has 0 radical (unpaired) electrons. The summed E-state index contributed by atoms with van der Waals surface area (Å²) in [6.07, 6.45) is 65.2. The Bertz CT molecular complexity index is 1740. The Hall–Kier alpha value is -3.94. The molecule has 1 fully saturated rings. The second-order valence-corrected chi connectivity index (χ2v) is 21.1. The highest BCUT2D eigenvalue weighted by Crippen LogP contribution is 2.26. The predicted molar refractivity (Wildman–Crippen MR) is 328 cm³/mol. The molecule has 8 unspecified atom stereocenters. The third-order valence-electron chi connectivity index (χ3n) is 13.9. The molecule has 0 saturated carbocycles. The number of allylic oxidation sites excluding steroid dienone is 19. The van der Waals surface area contributed by atoms with E-state index in [1.54, 1.807) is 6.08 Å². The number of hydrogen-bond donors (Lipinski definition) is 6. The summed E-state index contributed by atoms with van der Waals surface area (Å²) in [4.78, 5) is 26.5. The second-order valence-electron chi connectivity index (χ2n) is 21.1. The van der Waals surface area contributed by atoms with Gasteiger partial charge in [-0.1, -0.05) is 251 Å². The van der Waals surface area contributed by atoms with Crippen LogP contribution in [0.15, 0.2) is 122 Å². The van der Waals surface area contributed by atoms with Crippen LogP contribution in [0.3, 0.4) is 0 Å². The van der Waals surface area contributed by atoms with Gasteiger partial charge < -0.3 is 45.1 Å². The van der Waals surface area contributed by atoms with Crippen LogP contribution in [-0.2, 0) is 23.8 Å². The molecule has 11 heteroatoms. The standard InChI is InChI=1S/C68H113NO10/c1-4-7-10-13-16-19-22-24-26-27-28-29-30-31-32-33-34-36-37-40-43-46-49-52-55-61(72)67(76)69-59(60(71)54-51-48-45-42-39-21-18-15-12-9-6-3)58-77-68-66(65(75)64(74)62(57-70)78-68)79-63(73)56-53-50-47-44-41-38-35-25-23-20-17-14-11-8-5-2/h7-8,10-11,14,16-17,19-20,23-24,26,28-29,31-32,34,36,51,54,59-62,64-66,68,70-72,74-75H,4-6,9,12-13,15,18,21-22,25,27,30,33,35,37-50,52-53,55-58H2,1-3H3,(H,69,76)/b10-7-,11-8+,17-14+,19-16-,23-20+,26-24-,29-28-,32-31-,36-34-,54-51+. The molecular weight excluding hydrogens is 991 g/mol. The Morgan fingerprint density at radius 1 is 0.519 bits per heavy atom. The van der Waals surface area contributed by atoms with Gasteiger partial charge in [-0.3, -0.25) is 9.59 Å². The number of unbranched alkanes of at least 4 members (excludes halogenated alkanes) is 21. The second kappa shape index (κ2) is 54.6. The Morgan fingerprint density at radius 2 is 0.975 bits per heavy atom. The van der Waals surface area contributed by atoms with Crippen molar-refractivity contribution in [3.05, 3.63) is 122 Å². The lowest BCUT2D eigenvalue weighted by Crippen LogP contribution is -2.61. The van der Waals surface area contributed by atoms with E-state index in [0.29, 0.717) is 12.8 Å². The third-order valence-corrected chi connectivity index (χ3v) is 13.9. The van der Waals surface area contributed by atoms with Gasteiger partial charge in [0.2, 0.25) is 5.91 Å². The zero-order chi connectivity index (χ0) is 57.5. The molecule has 1 rings (SSSR count). The molecule has 0 aliphatic carbocycles. The van der Waals surface area contributed by atoms with Crippen molar-refractivity contribution in [3.63, 3.8) is 0 Å². The summed E-state index contributed by atoms with van der Waals surface area (Å²) in [5.41, 5.74) is 0. The molecule has 0 aromatic carbocycles. The highest BCUT2D eigenvalue weighted by molar-refractivity contribution is 5.80. The summed E-state index contributed by atoms with van der Waals surface area (Å²) >= 11 is 0. The van der Waals surface area contributed by atoms with Gasteiger partial charge in [0.15, 0.2) is 12.4 Å². The SMILES string of the molecule is CC/C=C\C/C=C\C/C=C\C/C=C\C/C=C\C/C=C\CCCCCCCC(O)C(=O)NC(COC1OC(CO)C(O)C(O)C1OC(=O)CCCCCCCCC/C=C/C=C/C=C/CC)C(O)/C=C/CCCCCCCCCCC. The summed E-state index contributed by atoms with van der Waals surface area (Å²) in [6, 6.07) is -1.04. The summed E-state index contributed by atoms with van der Waals surface area (Å²) in [5.74, 6) is -1.23. The number of nitrogens with one attached hydrogen (secondary N) is 1. The number of carbonyl (C=O) groups excluding carboxylic acids is 2. The maximum absolute atomic E-state index is 13.4. The molecule has 1 aliphatic rings. The Labute approximate surface area is 480 Å². The maximum atomic E-state index is 13.4. The Morgan fingerprint density at radius 3 is 1.51 bits per heavy atom. The lowest BCUT2D eigenvalue weighted by atomic mass is 9.99. The molecule has 1 saturated heterocycles. The number of amides is 1. The smallest absolute Gasteiger partial charge is 0.306 e. The minimum absolute atomic E-state index is 0.102. The topological polar surface area (TPSA) is 175 Å². The fourth-order valence-corrected chi connectivity index (χ4v) is 9.01. The fourth-order valence-electron chi connectivity index (χ4n) is 9.01. The van der Waals surface area contributed by atoms with Crippen LogP contribution in [0.25, 0.3) is 0 Å². The molecule has 0 aromatic rings. The Balaban J connectivity index is 2.66. The number of esters is 1. The van der Waals surface area contributed by atoms with Crippen LogP contribution in [0.1, 0.15) is 233 Å². The molecule has 1 aliphatic heterocycles. The minimum Gasteiger partial charge on any atom is -0.454 e. The van der Waals surface area contributed by atoms with E-state index in [2.05, 4.69) is 129 Å². The first-order valence-electron chi connectivity index (χ1n) is 31.3. The van der Waals surface area contributed by atoms with Crippen LogP contribution in [0.4, 0.5) is 0 Å². The highest BCUT2D eigenvalue weighted by Gasteiger charge is 2.47. The van der Waals surface area contributed by atoms with E-state index in [1.807, 2.05) is 12.2 Å². The van der Waals surface area contributed by atoms with E-state index in [4.69, 9.17) is 14.2 Å². The predicted octanol–water partition coefficient (Wildman–Crippen LogP) is 15.1. The summed E-state index contributed by atoms with van der Waals surface area (Å²) in [6.45, 7) is 5.51. The molecule has 1 heterocycles. The summed E-state index contributed by atoms with van der Waals surface area (Å²) in [7, 11) is 0. The van der Waals surface area contributed by atoms with Crippen LogP contribution in [-0.4, -0.2) is 99.6 Å². The van der Waals surface area contributed by atoms with Gasteiger partial charge in [0.05, 0.1) is 25.4 Å². The van der Waals surface area contributed by atoms with E-state index in [0.717, 1.165) is 148 Å². The molecular formula is C68H113NO10. The van der Waals surface area contributed by atoms with Crippen molar-refractivity contribution in [2.75, 3.05) is 13.2 Å². The number of aliphatic hydroxyl groups is 5. The first-order valence-corrected chi connectivity index (χ1v) is 31.3. The van der Waals surface area contributed by atoms with Gasteiger partial charge >= 0.3 is 5.97 Å². The van der Waals surface area contributed by atoms with Crippen molar-refractivity contribution in [2.45, 2.75) is 282 Å². The minimum atomic E-state index is -1.63. The van der Waals surface area contributed by atoms with E-state index >= 15 is 0 Å². The van der Waals surface area contributed by atoms with Crippen LogP contribution in [0, 0.1) is 0 Å². The van der Waals surface area contributed by atoms with E-state index in [1.165, 1.54) is 38.5 Å². The van der Waals surface area contributed by atoms with Gasteiger partial charge in [0.1, 0.15) is 24.4 Å². The zero-order valence-electron chi connectivity index (χ0n) is 49.7. The molecule has 0 aromatic heterocycles. The number of carbonyl (C=O) groups is 2. The van der Waals surface area contributed by atoms with Gasteiger partial charge in [-0.25, -0.2) is 0 Å².